The van der Waals surface area contributed by atoms with Crippen LogP contribution in [0.1, 0.15) is 36.8 Å². The molecular weight excluding hydrogens is 232 g/mol. The number of hydrogen-bond donors (Lipinski definition) is 1. The van der Waals surface area contributed by atoms with Crippen molar-refractivity contribution in [3.05, 3.63) is 35.4 Å². The lowest BCUT2D eigenvalue weighted by molar-refractivity contribution is 0.174. The number of nitrogens with one attached hydrogen (secondary N) is 1. The van der Waals surface area contributed by atoms with Gasteiger partial charge in [0.2, 0.25) is 0 Å². The van der Waals surface area contributed by atoms with Gasteiger partial charge >= 0.3 is 0 Å². The second kappa shape index (κ2) is 4.92. The van der Waals surface area contributed by atoms with Crippen LogP contribution in [0.4, 0.5) is 0 Å². The van der Waals surface area contributed by atoms with Crippen LogP contribution in [0, 0.1) is 5.92 Å². The second-order valence-electron chi connectivity index (χ2n) is 6.73. The Labute approximate surface area is 116 Å². The van der Waals surface area contributed by atoms with E-state index in [-0.39, 0.29) is 0 Å². The Morgan fingerprint density at radius 3 is 2.58 bits per heavy atom. The van der Waals surface area contributed by atoms with E-state index >= 15 is 0 Å². The largest absolute Gasteiger partial charge is 0.311 e. The van der Waals surface area contributed by atoms with Gasteiger partial charge < -0.3 is 5.32 Å². The SMILES string of the molecule is c1ccc2c(c1)CCN(CC1CC3CCC(C1)N3)C2. The first-order valence-corrected chi connectivity index (χ1v) is 7.92. The van der Waals surface area contributed by atoms with Crippen molar-refractivity contribution in [2.24, 2.45) is 5.92 Å². The van der Waals surface area contributed by atoms with Gasteiger partial charge in [0.25, 0.3) is 0 Å². The maximum absolute atomic E-state index is 3.75. The first-order valence-electron chi connectivity index (χ1n) is 7.92. The normalized spacial score (nSPS) is 34.2. The first kappa shape index (κ1) is 11.9. The van der Waals surface area contributed by atoms with Gasteiger partial charge in [-0.05, 0) is 49.1 Å². The molecule has 2 heteroatoms. The fourth-order valence-electron chi connectivity index (χ4n) is 4.40. The molecule has 3 heterocycles. The van der Waals surface area contributed by atoms with Gasteiger partial charge in [-0.25, -0.2) is 0 Å². The van der Waals surface area contributed by atoms with E-state index < -0.39 is 0 Å². The minimum Gasteiger partial charge on any atom is -0.311 e. The lowest BCUT2D eigenvalue weighted by atomic mass is 9.91. The molecule has 2 bridgehead atoms. The van der Waals surface area contributed by atoms with E-state index in [1.165, 1.54) is 51.7 Å². The predicted octanol–water partition coefficient (Wildman–Crippen LogP) is 2.58. The number of nitrogens with zero attached hydrogens (tertiary/aromatic N) is 1. The number of hydrogen-bond acceptors (Lipinski definition) is 2. The third-order valence-electron chi connectivity index (χ3n) is 5.30. The van der Waals surface area contributed by atoms with Crippen LogP contribution in [0.15, 0.2) is 24.3 Å². The summed E-state index contributed by atoms with van der Waals surface area (Å²) in [5.74, 6) is 0.934. The fraction of sp³-hybridized carbons (Fsp3) is 0.647. The van der Waals surface area contributed by atoms with E-state index in [4.69, 9.17) is 0 Å². The lowest BCUT2D eigenvalue weighted by Gasteiger charge is -2.35. The molecule has 102 valence electrons. The van der Waals surface area contributed by atoms with Crippen LogP contribution in [0.5, 0.6) is 0 Å². The summed E-state index contributed by atoms with van der Waals surface area (Å²) < 4.78 is 0. The maximum atomic E-state index is 3.75. The third kappa shape index (κ3) is 2.44. The molecule has 3 aliphatic rings. The molecule has 0 saturated carbocycles. The molecule has 19 heavy (non-hydrogen) atoms. The van der Waals surface area contributed by atoms with Crippen LogP contribution in [0.3, 0.4) is 0 Å². The fourth-order valence-corrected chi connectivity index (χ4v) is 4.40. The molecule has 2 fully saturated rings. The van der Waals surface area contributed by atoms with Gasteiger partial charge in [0.05, 0.1) is 0 Å². The van der Waals surface area contributed by atoms with Crippen LogP contribution < -0.4 is 5.32 Å². The van der Waals surface area contributed by atoms with E-state index in [1.54, 1.807) is 11.1 Å². The summed E-state index contributed by atoms with van der Waals surface area (Å²) in [5.41, 5.74) is 3.13. The van der Waals surface area contributed by atoms with Crippen molar-refractivity contribution in [2.45, 2.75) is 50.7 Å². The Kier molecular flexibility index (Phi) is 3.08. The molecule has 4 rings (SSSR count). The standard InChI is InChI=1S/C17H24N2/c1-2-4-15-12-19(8-7-14(15)3-1)11-13-9-16-5-6-17(10-13)18-16/h1-4,13,16-18H,5-12H2. The molecule has 2 saturated heterocycles. The average molecular weight is 256 g/mol. The smallest absolute Gasteiger partial charge is 0.0236 e. The molecule has 0 amide bonds. The van der Waals surface area contributed by atoms with Crippen molar-refractivity contribution >= 4 is 0 Å². The average Bonchev–Trinajstić information content (AvgIpc) is 2.78. The zero-order chi connectivity index (χ0) is 12.7. The molecule has 1 aromatic carbocycles. The number of benzene rings is 1. The van der Waals surface area contributed by atoms with Gasteiger partial charge in [-0.2, -0.15) is 0 Å². The van der Waals surface area contributed by atoms with Gasteiger partial charge in [-0.1, -0.05) is 24.3 Å². The van der Waals surface area contributed by atoms with E-state index in [2.05, 4.69) is 34.5 Å². The van der Waals surface area contributed by atoms with Gasteiger partial charge in [0.15, 0.2) is 0 Å². The molecular formula is C17H24N2. The third-order valence-corrected chi connectivity index (χ3v) is 5.30. The lowest BCUT2D eigenvalue weighted by Crippen LogP contribution is -2.43. The van der Waals surface area contributed by atoms with Crippen LogP contribution in [0.25, 0.3) is 0 Å². The van der Waals surface area contributed by atoms with Crippen molar-refractivity contribution in [3.63, 3.8) is 0 Å². The van der Waals surface area contributed by atoms with E-state index in [1.807, 2.05) is 0 Å². The number of fused-ring (bicyclic) bond motifs is 3. The quantitative estimate of drug-likeness (QED) is 0.875. The summed E-state index contributed by atoms with van der Waals surface area (Å²) in [5, 5.41) is 3.75. The van der Waals surface area contributed by atoms with E-state index in [0.29, 0.717) is 0 Å². The van der Waals surface area contributed by atoms with E-state index in [0.717, 1.165) is 18.0 Å². The molecule has 0 aromatic heterocycles. The van der Waals surface area contributed by atoms with Crippen molar-refractivity contribution in [1.29, 1.82) is 0 Å². The Bertz CT molecular complexity index is 444. The molecule has 1 N–H and O–H groups in total. The molecule has 0 aliphatic carbocycles. The summed E-state index contributed by atoms with van der Waals surface area (Å²) in [6, 6.07) is 10.7. The summed E-state index contributed by atoms with van der Waals surface area (Å²) in [6.45, 7) is 3.76. The Morgan fingerprint density at radius 2 is 1.79 bits per heavy atom. The molecule has 2 nitrogen and oxygen atoms in total. The highest BCUT2D eigenvalue weighted by atomic mass is 15.1. The molecule has 1 aromatic rings. The highest BCUT2D eigenvalue weighted by Crippen LogP contribution is 2.32. The van der Waals surface area contributed by atoms with Gasteiger partial charge in [-0.15, -0.1) is 0 Å². The molecule has 2 atom stereocenters. The first-order chi connectivity index (χ1) is 9.37. The zero-order valence-corrected chi connectivity index (χ0v) is 11.6. The molecule has 2 unspecified atom stereocenters. The highest BCUT2D eigenvalue weighted by Gasteiger charge is 2.34. The predicted molar refractivity (Wildman–Crippen MR) is 78.1 cm³/mol. The number of piperidine rings is 1. The minimum absolute atomic E-state index is 0.834. The van der Waals surface area contributed by atoms with E-state index in [9.17, 15) is 0 Å². The topological polar surface area (TPSA) is 15.3 Å². The summed E-state index contributed by atoms with van der Waals surface area (Å²) in [6.07, 6.45) is 6.91. The Morgan fingerprint density at radius 1 is 1.05 bits per heavy atom. The van der Waals surface area contributed by atoms with Gasteiger partial charge in [0, 0.05) is 31.7 Å². The highest BCUT2D eigenvalue weighted by molar-refractivity contribution is 5.29. The Balaban J connectivity index is 1.39. The van der Waals surface area contributed by atoms with Gasteiger partial charge in [0.1, 0.15) is 0 Å². The van der Waals surface area contributed by atoms with Crippen molar-refractivity contribution < 1.29 is 0 Å². The monoisotopic (exact) mass is 256 g/mol. The van der Waals surface area contributed by atoms with Crippen LogP contribution in [-0.2, 0) is 13.0 Å². The summed E-state index contributed by atoms with van der Waals surface area (Å²) in [7, 11) is 0. The molecule has 3 aliphatic heterocycles. The minimum atomic E-state index is 0.834. The molecule has 0 spiro atoms. The number of rotatable bonds is 2. The van der Waals surface area contributed by atoms with Gasteiger partial charge in [-0.3, -0.25) is 4.90 Å². The van der Waals surface area contributed by atoms with Crippen LogP contribution in [-0.4, -0.2) is 30.1 Å². The Hall–Kier alpha value is -0.860. The van der Waals surface area contributed by atoms with Crippen molar-refractivity contribution in [2.75, 3.05) is 13.1 Å². The summed E-state index contributed by atoms with van der Waals surface area (Å²) in [4.78, 5) is 2.69. The van der Waals surface area contributed by atoms with Crippen molar-refractivity contribution in [3.8, 4) is 0 Å². The van der Waals surface area contributed by atoms with Crippen LogP contribution >= 0.6 is 0 Å². The summed E-state index contributed by atoms with van der Waals surface area (Å²) >= 11 is 0. The van der Waals surface area contributed by atoms with Crippen molar-refractivity contribution in [1.82, 2.24) is 10.2 Å². The second-order valence-corrected chi connectivity index (χ2v) is 6.73. The maximum Gasteiger partial charge on any atom is 0.0236 e. The molecule has 0 radical (unpaired) electrons. The zero-order valence-electron chi connectivity index (χ0n) is 11.6. The van der Waals surface area contributed by atoms with Crippen LogP contribution in [0.2, 0.25) is 0 Å².